The summed E-state index contributed by atoms with van der Waals surface area (Å²) in [7, 11) is 5.49. The Kier molecular flexibility index (Phi) is 9.16. The minimum absolute atomic E-state index is 0.208. The highest BCUT2D eigenvalue weighted by molar-refractivity contribution is 6.32. The highest BCUT2D eigenvalue weighted by Gasteiger charge is 2.08. The van der Waals surface area contributed by atoms with Crippen molar-refractivity contribution in [3.63, 3.8) is 0 Å². The number of hydrazone groups is 1. The van der Waals surface area contributed by atoms with Gasteiger partial charge in [-0.1, -0.05) is 35.9 Å². The van der Waals surface area contributed by atoms with Gasteiger partial charge in [-0.3, -0.25) is 4.79 Å². The van der Waals surface area contributed by atoms with E-state index in [0.717, 1.165) is 17.0 Å². The zero-order chi connectivity index (χ0) is 25.2. The van der Waals surface area contributed by atoms with Gasteiger partial charge in [-0.25, -0.2) is 10.4 Å². The van der Waals surface area contributed by atoms with Gasteiger partial charge in [-0.2, -0.15) is 10.1 Å². The van der Waals surface area contributed by atoms with Gasteiger partial charge in [0.15, 0.2) is 5.82 Å². The molecule has 1 aromatic heterocycles. The molecule has 0 fully saturated rings. The molecule has 1 amide bonds. The molecular formula is C25H28ClN7O2. The van der Waals surface area contributed by atoms with E-state index in [4.69, 9.17) is 16.3 Å². The summed E-state index contributed by atoms with van der Waals surface area (Å²) in [5.74, 6) is 1.21. The highest BCUT2D eigenvalue weighted by atomic mass is 35.5. The molecule has 182 valence electrons. The number of nitrogens with zero attached hydrogens (tertiary/aromatic N) is 4. The van der Waals surface area contributed by atoms with Gasteiger partial charge < -0.3 is 20.3 Å². The maximum Gasteiger partial charge on any atom is 0.248 e. The quantitative estimate of drug-likeness (QED) is 0.212. The molecule has 35 heavy (non-hydrogen) atoms. The van der Waals surface area contributed by atoms with Crippen molar-refractivity contribution in [1.82, 2.24) is 14.9 Å². The number of carbonyl (C=O) groups is 1. The molecule has 10 heteroatoms. The molecule has 3 N–H and O–H groups in total. The van der Waals surface area contributed by atoms with E-state index in [1.54, 1.807) is 25.3 Å². The second-order valence-electron chi connectivity index (χ2n) is 7.79. The summed E-state index contributed by atoms with van der Waals surface area (Å²) < 4.78 is 5.26. The largest absolute Gasteiger partial charge is 0.497 e. The van der Waals surface area contributed by atoms with Crippen LogP contribution in [0.3, 0.4) is 0 Å². The van der Waals surface area contributed by atoms with Gasteiger partial charge in [0.25, 0.3) is 0 Å². The molecule has 0 radical (unpaired) electrons. The van der Waals surface area contributed by atoms with Crippen LogP contribution >= 0.6 is 11.6 Å². The second kappa shape index (κ2) is 12.5. The van der Waals surface area contributed by atoms with E-state index in [1.807, 2.05) is 62.3 Å². The first-order chi connectivity index (χ1) is 16.8. The predicted molar refractivity (Wildman–Crippen MR) is 142 cm³/mol. The average molecular weight is 494 g/mol. The fourth-order valence-electron chi connectivity index (χ4n) is 2.92. The Hall–Kier alpha value is -3.95. The van der Waals surface area contributed by atoms with E-state index in [1.165, 1.54) is 12.3 Å². The number of aromatic nitrogens is 2. The molecule has 3 rings (SSSR count). The van der Waals surface area contributed by atoms with Crippen LogP contribution in [0.1, 0.15) is 12.5 Å². The van der Waals surface area contributed by atoms with Crippen molar-refractivity contribution in [2.75, 3.05) is 43.8 Å². The van der Waals surface area contributed by atoms with E-state index in [2.05, 4.69) is 31.1 Å². The molecule has 0 aliphatic rings. The highest BCUT2D eigenvalue weighted by Crippen LogP contribution is 2.25. The number of hydrogen-bond donors (Lipinski definition) is 3. The summed E-state index contributed by atoms with van der Waals surface area (Å²) in [5, 5.41) is 10.7. The smallest absolute Gasteiger partial charge is 0.248 e. The Bertz CT molecular complexity index is 1230. The molecule has 0 aliphatic carbocycles. The van der Waals surface area contributed by atoms with Crippen molar-refractivity contribution in [3.8, 4) is 5.75 Å². The number of halogens is 1. The van der Waals surface area contributed by atoms with Crippen molar-refractivity contribution in [3.05, 3.63) is 77.5 Å². The standard InChI is InChI=1S/C25H28ClN7O2/c1-17(18-8-5-11-21(14-18)35-4)31-32-25-27-16-22(26)24(30-25)29-20-10-6-9-19(15-20)28-23(34)12-7-13-33(2)3/h5-12,14-16H,13H2,1-4H3,(H,28,34)(H2,27,29,30,32)/b12-7+,31-17+. The van der Waals surface area contributed by atoms with E-state index >= 15 is 0 Å². The number of anilines is 4. The molecular weight excluding hydrogens is 466 g/mol. The predicted octanol–water partition coefficient (Wildman–Crippen LogP) is 4.77. The summed E-state index contributed by atoms with van der Waals surface area (Å²) >= 11 is 6.30. The lowest BCUT2D eigenvalue weighted by atomic mass is 10.1. The number of rotatable bonds is 10. The third-order valence-corrected chi connectivity index (χ3v) is 4.96. The summed E-state index contributed by atoms with van der Waals surface area (Å²) in [5.41, 5.74) is 5.83. The van der Waals surface area contributed by atoms with Crippen molar-refractivity contribution in [2.45, 2.75) is 6.92 Å². The topological polar surface area (TPSA) is 104 Å². The van der Waals surface area contributed by atoms with E-state index in [0.29, 0.717) is 28.8 Å². The molecule has 0 saturated carbocycles. The Morgan fingerprint density at radius 3 is 2.71 bits per heavy atom. The Balaban J connectivity index is 1.68. The maximum atomic E-state index is 12.1. The molecule has 3 aromatic rings. The molecule has 0 aliphatic heterocycles. The molecule has 2 aromatic carbocycles. The second-order valence-corrected chi connectivity index (χ2v) is 8.20. The lowest BCUT2D eigenvalue weighted by Gasteiger charge is -2.11. The summed E-state index contributed by atoms with van der Waals surface area (Å²) in [6.45, 7) is 2.55. The van der Waals surface area contributed by atoms with Gasteiger partial charge in [-0.15, -0.1) is 0 Å². The lowest BCUT2D eigenvalue weighted by Crippen LogP contribution is -2.13. The first-order valence-electron chi connectivity index (χ1n) is 10.8. The van der Waals surface area contributed by atoms with Crippen LogP contribution in [0.25, 0.3) is 0 Å². The van der Waals surface area contributed by atoms with E-state index in [-0.39, 0.29) is 11.9 Å². The number of ether oxygens (including phenoxy) is 1. The SMILES string of the molecule is COc1cccc(/C(C)=N/Nc2ncc(Cl)c(Nc3cccc(NC(=O)/C=C/CN(C)C)c3)n2)c1. The van der Waals surface area contributed by atoms with E-state index in [9.17, 15) is 4.79 Å². The van der Waals surface area contributed by atoms with E-state index < -0.39 is 0 Å². The van der Waals surface area contributed by atoms with Crippen LogP contribution in [0.2, 0.25) is 5.02 Å². The third kappa shape index (κ3) is 8.09. The minimum atomic E-state index is -0.208. The zero-order valence-electron chi connectivity index (χ0n) is 20.0. The lowest BCUT2D eigenvalue weighted by molar-refractivity contribution is -0.111. The van der Waals surface area contributed by atoms with Gasteiger partial charge >= 0.3 is 0 Å². The number of amides is 1. The molecule has 1 heterocycles. The normalized spacial score (nSPS) is 11.5. The van der Waals surface area contributed by atoms with Crippen molar-refractivity contribution < 1.29 is 9.53 Å². The minimum Gasteiger partial charge on any atom is -0.497 e. The molecule has 0 atom stereocenters. The van der Waals surface area contributed by atoms with Crippen molar-refractivity contribution in [1.29, 1.82) is 0 Å². The first kappa shape index (κ1) is 25.7. The fraction of sp³-hybridized carbons (Fsp3) is 0.200. The van der Waals surface area contributed by atoms with Gasteiger partial charge in [-0.05, 0) is 51.4 Å². The zero-order valence-corrected chi connectivity index (χ0v) is 20.8. The van der Waals surface area contributed by atoms with Crippen LogP contribution in [-0.2, 0) is 4.79 Å². The number of methoxy groups -OCH3 is 1. The summed E-state index contributed by atoms with van der Waals surface area (Å²) in [6.07, 6.45) is 4.79. The number of hydrogen-bond acceptors (Lipinski definition) is 8. The van der Waals surface area contributed by atoms with Crippen LogP contribution in [0.4, 0.5) is 23.1 Å². The van der Waals surface area contributed by atoms with Gasteiger partial charge in [0.1, 0.15) is 10.8 Å². The molecule has 0 unspecified atom stereocenters. The van der Waals surface area contributed by atoms with Gasteiger partial charge in [0.2, 0.25) is 11.9 Å². The monoisotopic (exact) mass is 493 g/mol. The summed E-state index contributed by atoms with van der Waals surface area (Å²) in [6, 6.07) is 14.8. The number of carbonyl (C=O) groups excluding carboxylic acids is 1. The molecule has 0 bridgehead atoms. The van der Waals surface area contributed by atoms with Gasteiger partial charge in [0.05, 0.1) is 19.0 Å². The van der Waals surface area contributed by atoms with Gasteiger partial charge in [0, 0.05) is 29.6 Å². The Labute approximate surface area is 209 Å². The number of nitrogens with one attached hydrogen (secondary N) is 3. The molecule has 0 saturated heterocycles. The van der Waals surface area contributed by atoms with Crippen LogP contribution < -0.4 is 20.8 Å². The van der Waals surface area contributed by atoms with Crippen LogP contribution in [-0.4, -0.2) is 54.2 Å². The number of benzene rings is 2. The number of likely N-dealkylation sites (N-methyl/N-ethyl adjacent to an activating group) is 1. The van der Waals surface area contributed by atoms with Crippen molar-refractivity contribution in [2.24, 2.45) is 5.10 Å². The average Bonchev–Trinajstić information content (AvgIpc) is 2.84. The summed E-state index contributed by atoms with van der Waals surface area (Å²) in [4.78, 5) is 22.7. The Morgan fingerprint density at radius 2 is 1.94 bits per heavy atom. The maximum absolute atomic E-state index is 12.1. The van der Waals surface area contributed by atoms with Crippen LogP contribution in [0.15, 0.2) is 72.0 Å². The van der Waals surface area contributed by atoms with Crippen LogP contribution in [0.5, 0.6) is 5.75 Å². The third-order valence-electron chi connectivity index (χ3n) is 4.69. The first-order valence-corrected chi connectivity index (χ1v) is 11.2. The van der Waals surface area contributed by atoms with Crippen molar-refractivity contribution >= 4 is 46.4 Å². The Morgan fingerprint density at radius 1 is 1.17 bits per heavy atom. The molecule has 0 spiro atoms. The fourth-order valence-corrected chi connectivity index (χ4v) is 3.06. The van der Waals surface area contributed by atoms with Crippen LogP contribution in [0, 0.1) is 0 Å². The molecule has 9 nitrogen and oxygen atoms in total.